The summed E-state index contributed by atoms with van der Waals surface area (Å²) in [5.41, 5.74) is 3.16. The van der Waals surface area contributed by atoms with Crippen molar-refractivity contribution in [2.45, 2.75) is 26.3 Å². The van der Waals surface area contributed by atoms with Crippen LogP contribution in [0.25, 0.3) is 11.3 Å². The molecule has 3 aromatic rings. The van der Waals surface area contributed by atoms with Crippen LogP contribution < -0.4 is 10.2 Å². The van der Waals surface area contributed by atoms with E-state index in [9.17, 15) is 0 Å². The molecule has 1 N–H and O–H groups in total. The van der Waals surface area contributed by atoms with E-state index in [0.717, 1.165) is 42.0 Å². The highest BCUT2D eigenvalue weighted by Gasteiger charge is 2.10. The lowest BCUT2D eigenvalue weighted by Gasteiger charge is -2.19. The Morgan fingerprint density at radius 2 is 1.77 bits per heavy atom. The summed E-state index contributed by atoms with van der Waals surface area (Å²) in [6, 6.07) is 16.3. The molecule has 1 aromatic carbocycles. The van der Waals surface area contributed by atoms with Crippen molar-refractivity contribution < 1.29 is 0 Å². The first-order valence-electron chi connectivity index (χ1n) is 9.04. The number of hydrogen-bond donors (Lipinski definition) is 1. The van der Waals surface area contributed by atoms with Gasteiger partial charge in [-0.3, -0.25) is 4.98 Å². The van der Waals surface area contributed by atoms with Gasteiger partial charge in [0.25, 0.3) is 0 Å². The molecule has 0 amide bonds. The molecule has 3 rings (SSSR count). The molecule has 0 radical (unpaired) electrons. The lowest BCUT2D eigenvalue weighted by Crippen LogP contribution is -2.20. The third-order valence-corrected chi connectivity index (χ3v) is 4.22. The Bertz CT molecular complexity index is 805. The Kier molecular flexibility index (Phi) is 6.14. The molecule has 2 heterocycles. The van der Waals surface area contributed by atoms with Gasteiger partial charge in [0.1, 0.15) is 5.82 Å². The second kappa shape index (κ2) is 8.94. The minimum Gasteiger partial charge on any atom is -0.359 e. The van der Waals surface area contributed by atoms with Crippen molar-refractivity contribution in [2.75, 3.05) is 23.8 Å². The minimum atomic E-state index is 0.640. The van der Waals surface area contributed by atoms with E-state index in [2.05, 4.69) is 47.4 Å². The molecule has 0 aliphatic carbocycles. The largest absolute Gasteiger partial charge is 0.359 e. The summed E-state index contributed by atoms with van der Waals surface area (Å²) in [5, 5.41) is 3.35. The van der Waals surface area contributed by atoms with Crippen LogP contribution in [-0.4, -0.2) is 28.5 Å². The number of aromatic nitrogens is 3. The molecule has 0 saturated carbocycles. The molecule has 0 atom stereocenters. The van der Waals surface area contributed by atoms with Gasteiger partial charge < -0.3 is 10.2 Å². The van der Waals surface area contributed by atoms with Gasteiger partial charge in [-0.15, -0.1) is 0 Å². The smallest absolute Gasteiger partial charge is 0.225 e. The number of nitrogens with one attached hydrogen (secondary N) is 1. The number of benzene rings is 1. The fourth-order valence-electron chi connectivity index (χ4n) is 2.66. The van der Waals surface area contributed by atoms with E-state index in [0.29, 0.717) is 12.5 Å². The molecular formula is C21H25N5. The van der Waals surface area contributed by atoms with Crippen molar-refractivity contribution in [2.24, 2.45) is 0 Å². The summed E-state index contributed by atoms with van der Waals surface area (Å²) < 4.78 is 0. The van der Waals surface area contributed by atoms with Gasteiger partial charge in [0.05, 0.1) is 5.69 Å². The summed E-state index contributed by atoms with van der Waals surface area (Å²) >= 11 is 0. The average molecular weight is 347 g/mol. The van der Waals surface area contributed by atoms with E-state index in [1.54, 1.807) is 12.4 Å². The van der Waals surface area contributed by atoms with Crippen LogP contribution in [0.1, 0.15) is 25.3 Å². The molecule has 0 bridgehead atoms. The van der Waals surface area contributed by atoms with Crippen molar-refractivity contribution in [3.63, 3.8) is 0 Å². The van der Waals surface area contributed by atoms with Crippen molar-refractivity contribution in [1.82, 2.24) is 15.0 Å². The predicted octanol–water partition coefficient (Wildman–Crippen LogP) is 4.39. The highest BCUT2D eigenvalue weighted by molar-refractivity contribution is 5.64. The molecule has 0 unspecified atom stereocenters. The predicted molar refractivity (Wildman–Crippen MR) is 107 cm³/mol. The highest BCUT2D eigenvalue weighted by atomic mass is 15.2. The van der Waals surface area contributed by atoms with Crippen LogP contribution >= 0.6 is 0 Å². The fourth-order valence-corrected chi connectivity index (χ4v) is 2.66. The number of rotatable bonds is 8. The zero-order valence-electron chi connectivity index (χ0n) is 15.4. The molecule has 5 nitrogen and oxygen atoms in total. The Labute approximate surface area is 155 Å². The van der Waals surface area contributed by atoms with Crippen LogP contribution in [0.3, 0.4) is 0 Å². The summed E-state index contributed by atoms with van der Waals surface area (Å²) in [6.45, 7) is 3.84. The van der Waals surface area contributed by atoms with E-state index < -0.39 is 0 Å². The van der Waals surface area contributed by atoms with Gasteiger partial charge in [0.2, 0.25) is 5.95 Å². The number of anilines is 2. The maximum Gasteiger partial charge on any atom is 0.225 e. The summed E-state index contributed by atoms with van der Waals surface area (Å²) in [7, 11) is 2.08. The molecule has 0 fully saturated rings. The quantitative estimate of drug-likeness (QED) is 0.655. The Morgan fingerprint density at radius 3 is 2.50 bits per heavy atom. The normalized spacial score (nSPS) is 10.5. The molecule has 134 valence electrons. The van der Waals surface area contributed by atoms with Crippen molar-refractivity contribution >= 4 is 11.8 Å². The fraction of sp³-hybridized carbons (Fsp3) is 0.286. The molecule has 2 aromatic heterocycles. The van der Waals surface area contributed by atoms with Crippen LogP contribution in [0, 0.1) is 0 Å². The molecule has 0 saturated heterocycles. The molecule has 26 heavy (non-hydrogen) atoms. The maximum atomic E-state index is 4.72. The number of nitrogens with zero attached hydrogens (tertiary/aromatic N) is 4. The van der Waals surface area contributed by atoms with Crippen LogP contribution in [0.15, 0.2) is 60.9 Å². The van der Waals surface area contributed by atoms with Gasteiger partial charge in [0.15, 0.2) is 0 Å². The van der Waals surface area contributed by atoms with E-state index in [1.165, 1.54) is 0 Å². The molecule has 0 aliphatic rings. The van der Waals surface area contributed by atoms with E-state index in [4.69, 9.17) is 9.97 Å². The van der Waals surface area contributed by atoms with Gasteiger partial charge in [-0.05, 0) is 24.1 Å². The first-order valence-corrected chi connectivity index (χ1v) is 9.04. The van der Waals surface area contributed by atoms with E-state index >= 15 is 0 Å². The van der Waals surface area contributed by atoms with Crippen LogP contribution in [0.5, 0.6) is 0 Å². The Balaban J connectivity index is 1.87. The van der Waals surface area contributed by atoms with Gasteiger partial charge >= 0.3 is 0 Å². The van der Waals surface area contributed by atoms with Gasteiger partial charge in [-0.25, -0.2) is 4.98 Å². The topological polar surface area (TPSA) is 53.9 Å². The van der Waals surface area contributed by atoms with Crippen LogP contribution in [0.2, 0.25) is 0 Å². The highest BCUT2D eigenvalue weighted by Crippen LogP contribution is 2.23. The monoisotopic (exact) mass is 347 g/mol. The van der Waals surface area contributed by atoms with E-state index in [1.807, 2.05) is 30.3 Å². The lowest BCUT2D eigenvalue weighted by atomic mass is 10.1. The minimum absolute atomic E-state index is 0.640. The third-order valence-electron chi connectivity index (χ3n) is 4.22. The zero-order chi connectivity index (χ0) is 18.2. The standard InChI is InChI=1S/C21H25N5/c1-3-4-14-26(2)20-15-19(18-8-6-5-7-9-18)24-21(25-20)23-16-17-10-12-22-13-11-17/h5-13,15H,3-4,14,16H2,1-2H3,(H,23,24,25). The van der Waals surface area contributed by atoms with Crippen molar-refractivity contribution in [3.05, 3.63) is 66.5 Å². The first kappa shape index (κ1) is 17.9. The second-order valence-corrected chi connectivity index (χ2v) is 6.29. The Morgan fingerprint density at radius 1 is 1.00 bits per heavy atom. The lowest BCUT2D eigenvalue weighted by molar-refractivity contribution is 0.758. The zero-order valence-corrected chi connectivity index (χ0v) is 15.4. The molecule has 5 heteroatoms. The molecule has 0 spiro atoms. The number of unbranched alkanes of at least 4 members (excludes halogenated alkanes) is 1. The van der Waals surface area contributed by atoms with Gasteiger partial charge in [-0.2, -0.15) is 4.98 Å². The summed E-state index contributed by atoms with van der Waals surface area (Å²) in [6.07, 6.45) is 5.89. The van der Waals surface area contributed by atoms with E-state index in [-0.39, 0.29) is 0 Å². The van der Waals surface area contributed by atoms with Gasteiger partial charge in [0, 0.05) is 44.2 Å². The SMILES string of the molecule is CCCCN(C)c1cc(-c2ccccc2)nc(NCc2ccncc2)n1. The van der Waals surface area contributed by atoms with Gasteiger partial charge in [-0.1, -0.05) is 43.7 Å². The summed E-state index contributed by atoms with van der Waals surface area (Å²) in [5.74, 6) is 1.58. The van der Waals surface area contributed by atoms with Crippen LogP contribution in [0.4, 0.5) is 11.8 Å². The third kappa shape index (κ3) is 4.79. The molecular weight excluding hydrogens is 322 g/mol. The van der Waals surface area contributed by atoms with Crippen molar-refractivity contribution in [1.29, 1.82) is 0 Å². The average Bonchev–Trinajstić information content (AvgIpc) is 2.71. The Hall–Kier alpha value is -2.95. The molecule has 0 aliphatic heterocycles. The maximum absolute atomic E-state index is 4.72. The number of pyridine rings is 1. The second-order valence-electron chi connectivity index (χ2n) is 6.29. The summed E-state index contributed by atoms with van der Waals surface area (Å²) in [4.78, 5) is 15.7. The van der Waals surface area contributed by atoms with Crippen molar-refractivity contribution in [3.8, 4) is 11.3 Å². The first-order chi connectivity index (χ1) is 12.8. The number of hydrogen-bond acceptors (Lipinski definition) is 5. The van der Waals surface area contributed by atoms with Crippen LogP contribution in [-0.2, 0) is 6.54 Å².